The maximum atomic E-state index is 13.3. The summed E-state index contributed by atoms with van der Waals surface area (Å²) in [6.07, 6.45) is 3.57. The van der Waals surface area contributed by atoms with Gasteiger partial charge in [0.25, 0.3) is 5.89 Å². The molecule has 2 aromatic carbocycles. The summed E-state index contributed by atoms with van der Waals surface area (Å²) in [6, 6.07) is 13.5. The Bertz CT molecular complexity index is 1490. The number of nitrogens with zero attached hydrogens (tertiary/aromatic N) is 3. The van der Waals surface area contributed by atoms with Crippen molar-refractivity contribution in [2.24, 2.45) is 0 Å². The Balaban J connectivity index is 1.35. The smallest absolute Gasteiger partial charge is 0.339 e. The van der Waals surface area contributed by atoms with E-state index in [4.69, 9.17) is 23.7 Å². The van der Waals surface area contributed by atoms with E-state index in [1.54, 1.807) is 0 Å². The van der Waals surface area contributed by atoms with E-state index in [1.165, 1.54) is 0 Å². The van der Waals surface area contributed by atoms with Gasteiger partial charge in [0.1, 0.15) is 0 Å². The number of pyridine rings is 1. The molecule has 3 heterocycles. The number of benzene rings is 2. The van der Waals surface area contributed by atoms with Crippen LogP contribution in [0, 0.1) is 0 Å². The quantitative estimate of drug-likeness (QED) is 0.363. The highest BCUT2D eigenvalue weighted by Gasteiger charge is 2.28. The lowest BCUT2D eigenvalue weighted by atomic mass is 10.0. The first kappa shape index (κ1) is 21.3. The van der Waals surface area contributed by atoms with Crippen LogP contribution in [0.15, 0.2) is 47.0 Å². The fourth-order valence-corrected chi connectivity index (χ4v) is 4.48. The van der Waals surface area contributed by atoms with Gasteiger partial charge in [-0.2, -0.15) is 4.98 Å². The molecule has 0 radical (unpaired) electrons. The molecule has 0 atom stereocenters. The molecule has 8 nitrogen and oxygen atoms in total. The molecule has 0 spiro atoms. The molecule has 0 saturated heterocycles. The van der Waals surface area contributed by atoms with Crippen LogP contribution in [-0.2, 0) is 17.8 Å². The first-order valence-corrected chi connectivity index (χ1v) is 11.6. The van der Waals surface area contributed by atoms with Gasteiger partial charge in [0.15, 0.2) is 23.9 Å². The molecule has 0 bridgehead atoms. The molecule has 2 aliphatic rings. The van der Waals surface area contributed by atoms with Crippen molar-refractivity contribution in [3.05, 3.63) is 76.6 Å². The number of esters is 1. The highest BCUT2D eigenvalue weighted by molar-refractivity contribution is 6.07. The predicted octanol–water partition coefficient (Wildman–Crippen LogP) is 5.31. The third kappa shape index (κ3) is 3.90. The van der Waals surface area contributed by atoms with E-state index in [9.17, 15) is 4.79 Å². The van der Waals surface area contributed by atoms with Gasteiger partial charge in [-0.1, -0.05) is 43.3 Å². The van der Waals surface area contributed by atoms with Gasteiger partial charge in [-0.25, -0.2) is 9.78 Å². The van der Waals surface area contributed by atoms with E-state index in [-0.39, 0.29) is 25.2 Å². The number of carbonyl (C=O) groups excluding carboxylic acids is 1. The second-order valence-electron chi connectivity index (χ2n) is 8.89. The summed E-state index contributed by atoms with van der Waals surface area (Å²) >= 11 is 0. The van der Waals surface area contributed by atoms with Gasteiger partial charge >= 0.3 is 5.97 Å². The van der Waals surface area contributed by atoms with Crippen molar-refractivity contribution in [1.29, 1.82) is 0 Å². The molecule has 2 aromatic heterocycles. The van der Waals surface area contributed by atoms with Gasteiger partial charge in [-0.3, -0.25) is 0 Å². The molecule has 0 saturated carbocycles. The topological polar surface area (TPSA) is 96.6 Å². The third-order valence-corrected chi connectivity index (χ3v) is 6.21. The monoisotopic (exact) mass is 469 g/mol. The molecule has 0 fully saturated rings. The van der Waals surface area contributed by atoms with Gasteiger partial charge in [0, 0.05) is 11.3 Å². The van der Waals surface area contributed by atoms with Crippen LogP contribution < -0.4 is 9.47 Å². The second-order valence-corrected chi connectivity index (χ2v) is 8.89. The molecule has 6 rings (SSSR count). The van der Waals surface area contributed by atoms with Crippen LogP contribution in [0.3, 0.4) is 0 Å². The first-order valence-electron chi connectivity index (χ1n) is 11.6. The Morgan fingerprint density at radius 2 is 1.94 bits per heavy atom. The van der Waals surface area contributed by atoms with Crippen LogP contribution >= 0.6 is 0 Å². The fraction of sp³-hybridized carbons (Fsp3) is 0.259. The van der Waals surface area contributed by atoms with Crippen molar-refractivity contribution in [3.8, 4) is 11.5 Å². The van der Waals surface area contributed by atoms with Gasteiger partial charge in [0.05, 0.1) is 16.8 Å². The lowest BCUT2D eigenvalue weighted by Crippen LogP contribution is -2.10. The normalized spacial score (nSPS) is 15.2. The summed E-state index contributed by atoms with van der Waals surface area (Å²) in [5.74, 6) is 2.05. The third-order valence-electron chi connectivity index (χ3n) is 6.21. The Morgan fingerprint density at radius 3 is 2.80 bits per heavy atom. The maximum Gasteiger partial charge on any atom is 0.339 e. The van der Waals surface area contributed by atoms with Crippen LogP contribution in [-0.4, -0.2) is 27.9 Å². The number of aromatic nitrogens is 3. The zero-order valence-corrected chi connectivity index (χ0v) is 19.4. The molecular weight excluding hydrogens is 446 g/mol. The first-order chi connectivity index (χ1) is 17.1. The van der Waals surface area contributed by atoms with Gasteiger partial charge in [0.2, 0.25) is 6.79 Å². The van der Waals surface area contributed by atoms with Gasteiger partial charge in [-0.15, -0.1) is 0 Å². The van der Waals surface area contributed by atoms with E-state index in [1.807, 2.05) is 56.3 Å². The van der Waals surface area contributed by atoms with Crippen LogP contribution in [0.5, 0.6) is 11.5 Å². The summed E-state index contributed by atoms with van der Waals surface area (Å²) < 4.78 is 21.8. The minimum atomic E-state index is -0.423. The summed E-state index contributed by atoms with van der Waals surface area (Å²) in [7, 11) is 0. The van der Waals surface area contributed by atoms with Crippen molar-refractivity contribution in [2.75, 3.05) is 6.79 Å². The van der Waals surface area contributed by atoms with E-state index in [2.05, 4.69) is 16.2 Å². The van der Waals surface area contributed by atoms with Crippen molar-refractivity contribution >= 4 is 28.5 Å². The van der Waals surface area contributed by atoms with Crippen LogP contribution in [0.25, 0.3) is 22.6 Å². The molecule has 0 amide bonds. The van der Waals surface area contributed by atoms with E-state index < -0.39 is 5.97 Å². The zero-order valence-electron chi connectivity index (χ0n) is 19.4. The molecule has 176 valence electrons. The summed E-state index contributed by atoms with van der Waals surface area (Å²) in [5, 5.41) is 4.71. The fourth-order valence-electron chi connectivity index (χ4n) is 4.48. The summed E-state index contributed by atoms with van der Waals surface area (Å²) in [4.78, 5) is 22.6. The SMILES string of the molecule is CC(C)c1noc(COC(=O)c2c3c(nc4ccccc24)/C(=C/c2ccc4c(c2)OCO4)CC3)n1. The number of fused-ring (bicyclic) bond motifs is 3. The molecule has 0 N–H and O–H groups in total. The number of carbonyl (C=O) groups is 1. The average Bonchev–Trinajstić information content (AvgIpc) is 3.61. The highest BCUT2D eigenvalue weighted by Crippen LogP contribution is 2.39. The lowest BCUT2D eigenvalue weighted by Gasteiger charge is -2.12. The molecule has 8 heteroatoms. The number of rotatable bonds is 5. The number of allylic oxidation sites excluding steroid dienone is 1. The van der Waals surface area contributed by atoms with Crippen molar-refractivity contribution in [3.63, 3.8) is 0 Å². The molecule has 4 aromatic rings. The summed E-state index contributed by atoms with van der Waals surface area (Å²) in [5.41, 5.74) is 5.08. The van der Waals surface area contributed by atoms with Crippen LogP contribution in [0.2, 0.25) is 0 Å². The molecular formula is C27H23N3O5. The van der Waals surface area contributed by atoms with Gasteiger partial charge < -0.3 is 18.7 Å². The second kappa shape index (κ2) is 8.54. The Labute approximate surface area is 201 Å². The highest BCUT2D eigenvalue weighted by atomic mass is 16.7. The standard InChI is InChI=1S/C27H23N3O5/c1-15(2)26-29-23(35-30-26)13-32-27(31)24-18-5-3-4-6-20(18)28-25-17(8-9-19(24)25)11-16-7-10-21-22(12-16)34-14-33-21/h3-7,10-12,15H,8-9,13-14H2,1-2H3/b17-11+. The Hall–Kier alpha value is -4.20. The zero-order chi connectivity index (χ0) is 23.9. The number of hydrogen-bond acceptors (Lipinski definition) is 8. The molecule has 0 unspecified atom stereocenters. The average molecular weight is 469 g/mol. The molecule has 35 heavy (non-hydrogen) atoms. The largest absolute Gasteiger partial charge is 0.454 e. The van der Waals surface area contributed by atoms with Crippen LogP contribution in [0.1, 0.15) is 65.1 Å². The van der Waals surface area contributed by atoms with Crippen molar-refractivity contribution in [2.45, 2.75) is 39.2 Å². The van der Waals surface area contributed by atoms with Gasteiger partial charge in [-0.05, 0) is 53.8 Å². The number of para-hydroxylation sites is 1. The minimum Gasteiger partial charge on any atom is -0.454 e. The number of hydrogen-bond donors (Lipinski definition) is 0. The van der Waals surface area contributed by atoms with Crippen molar-refractivity contribution < 1.29 is 23.5 Å². The van der Waals surface area contributed by atoms with Crippen molar-refractivity contribution in [1.82, 2.24) is 15.1 Å². The Morgan fingerprint density at radius 1 is 1.09 bits per heavy atom. The van der Waals surface area contributed by atoms with E-state index in [0.29, 0.717) is 17.8 Å². The lowest BCUT2D eigenvalue weighted by molar-refractivity contribution is 0.0431. The summed E-state index contributed by atoms with van der Waals surface area (Å²) in [6.45, 7) is 4.10. The van der Waals surface area contributed by atoms with E-state index >= 15 is 0 Å². The number of ether oxygens (including phenoxy) is 3. The molecule has 1 aliphatic carbocycles. The van der Waals surface area contributed by atoms with E-state index in [0.717, 1.165) is 51.2 Å². The maximum absolute atomic E-state index is 13.3. The van der Waals surface area contributed by atoms with Crippen LogP contribution in [0.4, 0.5) is 0 Å². The Kier molecular flexibility index (Phi) is 5.21. The minimum absolute atomic E-state index is 0.0795. The molecule has 1 aliphatic heterocycles. The predicted molar refractivity (Wildman–Crippen MR) is 128 cm³/mol.